The molecule has 1 atom stereocenters. The Hall–Kier alpha value is -1.36. The summed E-state index contributed by atoms with van der Waals surface area (Å²) in [5.41, 5.74) is 7.13. The maximum Gasteiger partial charge on any atom is 0.254 e. The average molecular weight is 294 g/mol. The highest BCUT2D eigenvalue weighted by molar-refractivity contribution is 5.95. The molecule has 0 spiro atoms. The van der Waals surface area contributed by atoms with Gasteiger partial charge in [-0.3, -0.25) is 9.48 Å². The number of nitrogens with one attached hydrogen (secondary N) is 1. The average Bonchev–Trinajstić information content (AvgIpc) is 2.84. The molecule has 0 radical (unpaired) electrons. The molecule has 5 heteroatoms. The fourth-order valence-electron chi connectivity index (χ4n) is 2.49. The number of rotatable bonds is 10. The van der Waals surface area contributed by atoms with E-state index in [9.17, 15) is 4.79 Å². The summed E-state index contributed by atoms with van der Waals surface area (Å²) in [4.78, 5) is 12.4. The van der Waals surface area contributed by atoms with Crippen molar-refractivity contribution in [2.75, 3.05) is 6.54 Å². The van der Waals surface area contributed by atoms with E-state index in [0.717, 1.165) is 50.8 Å². The molecule has 5 nitrogen and oxygen atoms in total. The van der Waals surface area contributed by atoms with E-state index in [-0.39, 0.29) is 11.9 Å². The smallest absolute Gasteiger partial charge is 0.254 e. The maximum absolute atomic E-state index is 12.4. The number of hydrogen-bond acceptors (Lipinski definition) is 3. The van der Waals surface area contributed by atoms with Gasteiger partial charge in [0.15, 0.2) is 0 Å². The van der Waals surface area contributed by atoms with Crippen molar-refractivity contribution in [3.05, 3.63) is 17.5 Å². The molecule has 0 aliphatic rings. The first kappa shape index (κ1) is 17.7. The van der Waals surface area contributed by atoms with Crippen LogP contribution in [-0.4, -0.2) is 28.3 Å². The number of nitrogens with two attached hydrogens (primary N) is 1. The largest absolute Gasteiger partial charge is 0.349 e. The number of unbranched alkanes of at least 4 members (excludes halogenated alkanes) is 1. The van der Waals surface area contributed by atoms with Crippen LogP contribution < -0.4 is 11.1 Å². The minimum absolute atomic E-state index is 0.000974. The lowest BCUT2D eigenvalue weighted by Gasteiger charge is -2.17. The second-order valence-electron chi connectivity index (χ2n) is 5.61. The van der Waals surface area contributed by atoms with Gasteiger partial charge in [0.2, 0.25) is 0 Å². The summed E-state index contributed by atoms with van der Waals surface area (Å²) in [6.07, 6.45) is 8.03. The monoisotopic (exact) mass is 294 g/mol. The zero-order valence-electron chi connectivity index (χ0n) is 13.7. The van der Waals surface area contributed by atoms with Gasteiger partial charge < -0.3 is 11.1 Å². The number of carbonyl (C=O) groups is 1. The van der Waals surface area contributed by atoms with Crippen molar-refractivity contribution >= 4 is 5.91 Å². The number of carbonyl (C=O) groups excluding carboxylic acids is 1. The number of hydrogen-bond donors (Lipinski definition) is 2. The van der Waals surface area contributed by atoms with Crippen molar-refractivity contribution in [2.45, 2.75) is 71.9 Å². The summed E-state index contributed by atoms with van der Waals surface area (Å²) in [6.45, 7) is 7.68. The fraction of sp³-hybridized carbons (Fsp3) is 0.750. The molecule has 120 valence electrons. The Labute approximate surface area is 128 Å². The van der Waals surface area contributed by atoms with Crippen molar-refractivity contribution in [2.24, 2.45) is 5.73 Å². The van der Waals surface area contributed by atoms with Crippen molar-refractivity contribution in [3.8, 4) is 0 Å². The molecular weight excluding hydrogens is 264 g/mol. The molecule has 0 bridgehead atoms. The first-order chi connectivity index (χ1) is 10.1. The molecule has 1 rings (SSSR count). The third-order valence-corrected chi connectivity index (χ3v) is 3.80. The van der Waals surface area contributed by atoms with Crippen LogP contribution in [0.25, 0.3) is 0 Å². The Morgan fingerprint density at radius 1 is 1.33 bits per heavy atom. The SMILES string of the molecule is CCCCC(CCC)NC(=O)c1cnn(CCCN)c1C. The van der Waals surface area contributed by atoms with Gasteiger partial charge >= 0.3 is 0 Å². The van der Waals surface area contributed by atoms with E-state index >= 15 is 0 Å². The van der Waals surface area contributed by atoms with Gasteiger partial charge in [-0.25, -0.2) is 0 Å². The summed E-state index contributed by atoms with van der Waals surface area (Å²) in [5, 5.41) is 7.45. The molecular formula is C16H30N4O. The second kappa shape index (κ2) is 9.55. The lowest BCUT2D eigenvalue weighted by Crippen LogP contribution is -2.35. The van der Waals surface area contributed by atoms with Gasteiger partial charge in [-0.05, 0) is 32.7 Å². The Kier molecular flexibility index (Phi) is 8.05. The number of nitrogens with zero attached hydrogens (tertiary/aromatic N) is 2. The minimum atomic E-state index is 0.000974. The Bertz CT molecular complexity index is 428. The van der Waals surface area contributed by atoms with Gasteiger partial charge in [-0.15, -0.1) is 0 Å². The van der Waals surface area contributed by atoms with Crippen LogP contribution in [0.15, 0.2) is 6.20 Å². The molecule has 0 aliphatic heterocycles. The lowest BCUT2D eigenvalue weighted by atomic mass is 10.0. The molecule has 0 saturated heterocycles. The zero-order valence-corrected chi connectivity index (χ0v) is 13.7. The first-order valence-corrected chi connectivity index (χ1v) is 8.17. The van der Waals surface area contributed by atoms with Crippen LogP contribution in [0.3, 0.4) is 0 Å². The van der Waals surface area contributed by atoms with E-state index in [2.05, 4.69) is 24.3 Å². The molecule has 1 amide bonds. The highest BCUT2D eigenvalue weighted by Gasteiger charge is 2.17. The highest BCUT2D eigenvalue weighted by Crippen LogP contribution is 2.11. The van der Waals surface area contributed by atoms with Gasteiger partial charge in [0.05, 0.1) is 11.8 Å². The summed E-state index contributed by atoms with van der Waals surface area (Å²) in [7, 11) is 0. The molecule has 0 saturated carbocycles. The van der Waals surface area contributed by atoms with Crippen LogP contribution in [0.5, 0.6) is 0 Å². The van der Waals surface area contributed by atoms with Crippen molar-refractivity contribution in [1.82, 2.24) is 15.1 Å². The first-order valence-electron chi connectivity index (χ1n) is 8.17. The molecule has 0 aliphatic carbocycles. The van der Waals surface area contributed by atoms with E-state index in [1.807, 2.05) is 11.6 Å². The summed E-state index contributed by atoms with van der Waals surface area (Å²) in [6, 6.07) is 0.272. The van der Waals surface area contributed by atoms with Crippen LogP contribution in [-0.2, 0) is 6.54 Å². The molecule has 1 aromatic heterocycles. The molecule has 1 unspecified atom stereocenters. The summed E-state index contributed by atoms with van der Waals surface area (Å²) < 4.78 is 1.86. The van der Waals surface area contributed by atoms with Gasteiger partial charge in [-0.2, -0.15) is 5.10 Å². The topological polar surface area (TPSA) is 72.9 Å². The van der Waals surface area contributed by atoms with E-state index in [1.54, 1.807) is 6.20 Å². The van der Waals surface area contributed by atoms with E-state index in [1.165, 1.54) is 0 Å². The van der Waals surface area contributed by atoms with Crippen LogP contribution in [0.4, 0.5) is 0 Å². The molecule has 21 heavy (non-hydrogen) atoms. The summed E-state index contributed by atoms with van der Waals surface area (Å²) >= 11 is 0. The van der Waals surface area contributed by atoms with Gasteiger partial charge in [0.1, 0.15) is 0 Å². The van der Waals surface area contributed by atoms with Crippen LogP contribution >= 0.6 is 0 Å². The fourth-order valence-corrected chi connectivity index (χ4v) is 2.49. The Morgan fingerprint density at radius 3 is 2.71 bits per heavy atom. The second-order valence-corrected chi connectivity index (χ2v) is 5.61. The Balaban J connectivity index is 2.66. The van der Waals surface area contributed by atoms with Crippen molar-refractivity contribution in [1.29, 1.82) is 0 Å². The van der Waals surface area contributed by atoms with Gasteiger partial charge in [-0.1, -0.05) is 33.1 Å². The lowest BCUT2D eigenvalue weighted by molar-refractivity contribution is 0.0931. The highest BCUT2D eigenvalue weighted by atomic mass is 16.1. The number of amides is 1. The van der Waals surface area contributed by atoms with Crippen LogP contribution in [0.1, 0.15) is 68.4 Å². The normalized spacial score (nSPS) is 12.4. The third-order valence-electron chi connectivity index (χ3n) is 3.80. The third kappa shape index (κ3) is 5.50. The molecule has 0 fully saturated rings. The summed E-state index contributed by atoms with van der Waals surface area (Å²) in [5.74, 6) is 0.000974. The predicted octanol–water partition coefficient (Wildman–Crippen LogP) is 2.63. The van der Waals surface area contributed by atoms with E-state index in [4.69, 9.17) is 5.73 Å². The molecule has 1 heterocycles. The standard InChI is InChI=1S/C16H30N4O/c1-4-6-9-14(8-5-2)19-16(21)15-12-18-20(13(15)3)11-7-10-17/h12,14H,4-11,17H2,1-3H3,(H,19,21). The Morgan fingerprint density at radius 2 is 2.10 bits per heavy atom. The van der Waals surface area contributed by atoms with E-state index < -0.39 is 0 Å². The number of aryl methyl sites for hydroxylation is 1. The maximum atomic E-state index is 12.4. The minimum Gasteiger partial charge on any atom is -0.349 e. The quantitative estimate of drug-likeness (QED) is 0.696. The van der Waals surface area contributed by atoms with Crippen molar-refractivity contribution < 1.29 is 4.79 Å². The van der Waals surface area contributed by atoms with Crippen molar-refractivity contribution in [3.63, 3.8) is 0 Å². The zero-order chi connectivity index (χ0) is 15.7. The molecule has 1 aromatic rings. The molecule has 3 N–H and O–H groups in total. The van der Waals surface area contributed by atoms with Gasteiger partial charge in [0.25, 0.3) is 5.91 Å². The van der Waals surface area contributed by atoms with Gasteiger partial charge in [0, 0.05) is 18.3 Å². The van der Waals surface area contributed by atoms with E-state index in [0.29, 0.717) is 12.1 Å². The van der Waals surface area contributed by atoms with Crippen LogP contribution in [0.2, 0.25) is 0 Å². The predicted molar refractivity (Wildman–Crippen MR) is 86.3 cm³/mol. The molecule has 0 aromatic carbocycles. The van der Waals surface area contributed by atoms with Crippen LogP contribution in [0, 0.1) is 6.92 Å². The number of aromatic nitrogens is 2.